The molecule has 0 bridgehead atoms. The van der Waals surface area contributed by atoms with E-state index in [1.165, 1.54) is 16.8 Å². The number of rotatable bonds is 8. The van der Waals surface area contributed by atoms with Crippen molar-refractivity contribution in [1.82, 2.24) is 9.80 Å². The van der Waals surface area contributed by atoms with Gasteiger partial charge in [-0.25, -0.2) is 13.6 Å². The summed E-state index contributed by atoms with van der Waals surface area (Å²) in [6.45, 7) is 0.213. The van der Waals surface area contributed by atoms with Crippen LogP contribution in [0.4, 0.5) is 19.3 Å². The van der Waals surface area contributed by atoms with E-state index in [1.807, 2.05) is 0 Å². The predicted molar refractivity (Wildman–Crippen MR) is 111 cm³/mol. The standard InChI is InChI=1S/C22H22F2N4O4/c1-27(22(32)26-16-9-14(23)8-15(24)10-16)11-13-4-2-5-17-18(13)12-28(21(17)31)19(20(25)30)6-3-7-29/h2,4-5,7-10,19H,3,6,11-12H2,1H3,(H2,25,30)(H,26,32). The van der Waals surface area contributed by atoms with Gasteiger partial charge in [-0.2, -0.15) is 0 Å². The first-order chi connectivity index (χ1) is 15.2. The minimum absolute atomic E-state index is 0.0292. The molecular weight excluding hydrogens is 422 g/mol. The van der Waals surface area contributed by atoms with E-state index in [0.29, 0.717) is 29.0 Å². The minimum Gasteiger partial charge on any atom is -0.368 e. The molecule has 0 fully saturated rings. The minimum atomic E-state index is -0.920. The largest absolute Gasteiger partial charge is 0.368 e. The summed E-state index contributed by atoms with van der Waals surface area (Å²) in [6.07, 6.45) is 0.873. The van der Waals surface area contributed by atoms with E-state index in [2.05, 4.69) is 5.32 Å². The van der Waals surface area contributed by atoms with Crippen LogP contribution in [0, 0.1) is 11.6 Å². The number of amides is 4. The first-order valence-corrected chi connectivity index (χ1v) is 9.84. The lowest BCUT2D eigenvalue weighted by atomic mass is 10.0. The number of aldehydes is 1. The normalized spacial score (nSPS) is 13.5. The molecule has 0 saturated carbocycles. The van der Waals surface area contributed by atoms with E-state index < -0.39 is 29.6 Å². The first kappa shape index (κ1) is 22.9. The van der Waals surface area contributed by atoms with Gasteiger partial charge in [0.15, 0.2) is 0 Å². The van der Waals surface area contributed by atoms with Crippen LogP contribution >= 0.6 is 0 Å². The highest BCUT2D eigenvalue weighted by molar-refractivity contribution is 6.01. The smallest absolute Gasteiger partial charge is 0.321 e. The zero-order valence-electron chi connectivity index (χ0n) is 17.3. The monoisotopic (exact) mass is 444 g/mol. The zero-order valence-corrected chi connectivity index (χ0v) is 17.3. The van der Waals surface area contributed by atoms with Crippen molar-refractivity contribution < 1.29 is 28.0 Å². The summed E-state index contributed by atoms with van der Waals surface area (Å²) in [5.41, 5.74) is 7.12. The number of hydrogen-bond acceptors (Lipinski definition) is 4. The number of halogens is 2. The SMILES string of the molecule is CN(Cc1cccc2c1CN(C(CCC=O)C(N)=O)C2=O)C(=O)Nc1cc(F)cc(F)c1. The van der Waals surface area contributed by atoms with Gasteiger partial charge in [0.05, 0.1) is 0 Å². The number of carbonyl (C=O) groups is 4. The maximum atomic E-state index is 13.4. The van der Waals surface area contributed by atoms with Crippen LogP contribution < -0.4 is 11.1 Å². The highest BCUT2D eigenvalue weighted by atomic mass is 19.1. The molecule has 0 spiro atoms. The Morgan fingerprint density at radius 2 is 1.94 bits per heavy atom. The number of nitrogens with one attached hydrogen (secondary N) is 1. The number of anilines is 1. The van der Waals surface area contributed by atoms with E-state index in [9.17, 15) is 28.0 Å². The first-order valence-electron chi connectivity index (χ1n) is 9.84. The fourth-order valence-corrected chi connectivity index (χ4v) is 3.67. The summed E-state index contributed by atoms with van der Waals surface area (Å²) in [4.78, 5) is 50.5. The quantitative estimate of drug-likeness (QED) is 0.609. The average molecular weight is 444 g/mol. The highest BCUT2D eigenvalue weighted by Crippen LogP contribution is 2.29. The van der Waals surface area contributed by atoms with E-state index in [0.717, 1.165) is 12.1 Å². The zero-order chi connectivity index (χ0) is 23.4. The Kier molecular flexibility index (Phi) is 6.82. The molecule has 2 aromatic carbocycles. The van der Waals surface area contributed by atoms with Crippen LogP contribution in [0.15, 0.2) is 36.4 Å². The molecule has 1 unspecified atom stereocenters. The van der Waals surface area contributed by atoms with Gasteiger partial charge >= 0.3 is 6.03 Å². The van der Waals surface area contributed by atoms with Crippen molar-refractivity contribution in [2.45, 2.75) is 32.0 Å². The highest BCUT2D eigenvalue weighted by Gasteiger charge is 2.36. The molecule has 0 radical (unpaired) electrons. The Bertz CT molecular complexity index is 1060. The van der Waals surface area contributed by atoms with Crippen LogP contribution in [0.25, 0.3) is 0 Å². The van der Waals surface area contributed by atoms with Gasteiger partial charge in [-0.3, -0.25) is 9.59 Å². The third kappa shape index (κ3) is 4.90. The molecule has 3 rings (SSSR count). The molecule has 3 N–H and O–H groups in total. The van der Waals surface area contributed by atoms with E-state index in [1.54, 1.807) is 18.2 Å². The van der Waals surface area contributed by atoms with Gasteiger partial charge in [0.2, 0.25) is 5.91 Å². The molecule has 1 atom stereocenters. The van der Waals surface area contributed by atoms with Crippen molar-refractivity contribution in [2.24, 2.45) is 5.73 Å². The summed E-state index contributed by atoms with van der Waals surface area (Å²) in [5, 5.41) is 2.42. The lowest BCUT2D eigenvalue weighted by Crippen LogP contribution is -2.44. The average Bonchev–Trinajstić information content (AvgIpc) is 3.05. The molecule has 1 heterocycles. The number of urea groups is 1. The van der Waals surface area contributed by atoms with Crippen molar-refractivity contribution in [1.29, 1.82) is 0 Å². The number of nitrogens with zero attached hydrogens (tertiary/aromatic N) is 2. The molecule has 32 heavy (non-hydrogen) atoms. The summed E-state index contributed by atoms with van der Waals surface area (Å²) < 4.78 is 26.7. The Balaban J connectivity index is 1.76. The second kappa shape index (κ2) is 9.54. The number of benzene rings is 2. The van der Waals surface area contributed by atoms with Crippen LogP contribution in [0.1, 0.15) is 34.3 Å². The number of carbonyl (C=O) groups excluding carboxylic acids is 4. The van der Waals surface area contributed by atoms with Crippen molar-refractivity contribution >= 4 is 29.8 Å². The molecule has 0 aliphatic carbocycles. The number of hydrogen-bond donors (Lipinski definition) is 2. The van der Waals surface area contributed by atoms with Crippen molar-refractivity contribution in [2.75, 3.05) is 12.4 Å². The van der Waals surface area contributed by atoms with E-state index >= 15 is 0 Å². The topological polar surface area (TPSA) is 113 Å². The summed E-state index contributed by atoms with van der Waals surface area (Å²) in [6, 6.07) is 6.19. The Morgan fingerprint density at radius 3 is 2.56 bits per heavy atom. The van der Waals surface area contributed by atoms with Crippen LogP contribution in [-0.2, 0) is 22.7 Å². The van der Waals surface area contributed by atoms with E-state index in [-0.39, 0.29) is 37.5 Å². The van der Waals surface area contributed by atoms with Gasteiger partial charge in [0, 0.05) is 43.9 Å². The molecular formula is C22H22F2N4O4. The second-order valence-corrected chi connectivity index (χ2v) is 7.48. The Labute approximate surface area is 183 Å². The lowest BCUT2D eigenvalue weighted by Gasteiger charge is -2.24. The van der Waals surface area contributed by atoms with Crippen molar-refractivity contribution in [3.8, 4) is 0 Å². The molecule has 1 aliphatic heterocycles. The maximum Gasteiger partial charge on any atom is 0.321 e. The molecule has 4 amide bonds. The van der Waals surface area contributed by atoms with Crippen LogP contribution in [-0.4, -0.2) is 47.0 Å². The molecule has 10 heteroatoms. The van der Waals surface area contributed by atoms with E-state index in [4.69, 9.17) is 5.73 Å². The van der Waals surface area contributed by atoms with Gasteiger partial charge < -0.3 is 25.6 Å². The third-order valence-electron chi connectivity index (χ3n) is 5.22. The molecule has 2 aromatic rings. The number of primary amides is 1. The molecule has 8 nitrogen and oxygen atoms in total. The lowest BCUT2D eigenvalue weighted by molar-refractivity contribution is -0.122. The number of fused-ring (bicyclic) bond motifs is 1. The van der Waals surface area contributed by atoms with Crippen LogP contribution in [0.3, 0.4) is 0 Å². The summed E-state index contributed by atoms with van der Waals surface area (Å²) >= 11 is 0. The Hall–Kier alpha value is -3.82. The Morgan fingerprint density at radius 1 is 1.25 bits per heavy atom. The van der Waals surface area contributed by atoms with Gasteiger partial charge in [0.25, 0.3) is 5.91 Å². The molecule has 168 valence electrons. The fraction of sp³-hybridized carbons (Fsp3) is 0.273. The van der Waals surface area contributed by atoms with Crippen molar-refractivity contribution in [3.63, 3.8) is 0 Å². The van der Waals surface area contributed by atoms with Gasteiger partial charge in [-0.05, 0) is 35.7 Å². The summed E-state index contributed by atoms with van der Waals surface area (Å²) in [5.74, 6) is -2.71. The maximum absolute atomic E-state index is 13.4. The van der Waals surface area contributed by atoms with Gasteiger partial charge in [-0.1, -0.05) is 12.1 Å². The summed E-state index contributed by atoms with van der Waals surface area (Å²) in [7, 11) is 1.50. The third-order valence-corrected chi connectivity index (χ3v) is 5.22. The van der Waals surface area contributed by atoms with Crippen LogP contribution in [0.5, 0.6) is 0 Å². The molecule has 0 saturated heterocycles. The van der Waals surface area contributed by atoms with Gasteiger partial charge in [-0.15, -0.1) is 0 Å². The molecule has 1 aliphatic rings. The second-order valence-electron chi connectivity index (χ2n) is 7.48. The van der Waals surface area contributed by atoms with Gasteiger partial charge in [0.1, 0.15) is 24.0 Å². The molecule has 0 aromatic heterocycles. The van der Waals surface area contributed by atoms with Crippen molar-refractivity contribution in [3.05, 3.63) is 64.7 Å². The number of nitrogens with two attached hydrogens (primary N) is 1. The van der Waals surface area contributed by atoms with Crippen LogP contribution in [0.2, 0.25) is 0 Å². The predicted octanol–water partition coefficient (Wildman–Crippen LogP) is 2.42. The fourth-order valence-electron chi connectivity index (χ4n) is 3.67.